The quantitative estimate of drug-likeness (QED) is 0.435. The van der Waals surface area contributed by atoms with Gasteiger partial charge in [-0.2, -0.15) is 0 Å². The normalized spacial score (nSPS) is 10.4. The summed E-state index contributed by atoms with van der Waals surface area (Å²) in [5, 5.41) is 12.5. The van der Waals surface area contributed by atoms with Crippen LogP contribution in [0.5, 0.6) is 0 Å². The fourth-order valence-electron chi connectivity index (χ4n) is 2.00. The molecule has 108 valence electrons. The van der Waals surface area contributed by atoms with Crippen LogP contribution in [0, 0.1) is 31.4 Å². The Morgan fingerprint density at radius 2 is 1.95 bits per heavy atom. The van der Waals surface area contributed by atoms with Crippen molar-refractivity contribution in [2.75, 3.05) is 0 Å². The lowest BCUT2D eigenvalue weighted by atomic mass is 10.2. The molecule has 0 fully saturated rings. The highest BCUT2D eigenvalue weighted by Gasteiger charge is 2.23. The first-order valence-electron chi connectivity index (χ1n) is 5.99. The van der Waals surface area contributed by atoms with Crippen LogP contribution in [0.3, 0.4) is 0 Å². The van der Waals surface area contributed by atoms with Gasteiger partial charge in [-0.1, -0.05) is 17.5 Å². The molecule has 0 aliphatic rings. The second kappa shape index (κ2) is 5.11. The number of halogens is 1. The average molecular weight is 306 g/mol. The molecule has 0 aromatic carbocycles. The van der Waals surface area contributed by atoms with E-state index in [4.69, 9.17) is 18.0 Å². The molecule has 2 aromatic heterocycles. The third kappa shape index (κ3) is 2.22. The molecule has 0 saturated heterocycles. The van der Waals surface area contributed by atoms with Crippen LogP contribution >= 0.6 is 11.6 Å². The molecule has 0 amide bonds. The van der Waals surface area contributed by atoms with Gasteiger partial charge in [-0.3, -0.25) is 4.57 Å². The van der Waals surface area contributed by atoms with Crippen LogP contribution in [0.1, 0.15) is 17.0 Å². The number of nitrogens with zero attached hydrogens (tertiary/aromatic N) is 3. The zero-order valence-electron chi connectivity index (χ0n) is 11.7. The second-order valence-electron chi connectivity index (χ2n) is 4.57. The van der Waals surface area contributed by atoms with E-state index in [0.717, 1.165) is 15.2 Å². The molecular weight excluding hydrogens is 294 g/mol. The lowest BCUT2D eigenvalue weighted by Gasteiger charge is -2.15. The molecule has 7 heteroatoms. The summed E-state index contributed by atoms with van der Waals surface area (Å²) in [5.74, 6) is 2.17. The first-order valence-corrected chi connectivity index (χ1v) is 6.36. The summed E-state index contributed by atoms with van der Waals surface area (Å²) >= 11 is 5.92. The van der Waals surface area contributed by atoms with Crippen molar-refractivity contribution in [3.8, 4) is 18.2 Å². The molecule has 2 heterocycles. The van der Waals surface area contributed by atoms with Gasteiger partial charge in [-0.25, -0.2) is 14.3 Å². The van der Waals surface area contributed by atoms with E-state index in [-0.39, 0.29) is 22.2 Å². The SMILES string of the molecule is C#Cc1cc(=O)n(-c2c(C)cc(Cl)c(C)[n+]2[O-])c(=O)n1C. The predicted molar refractivity (Wildman–Crippen MR) is 78.7 cm³/mol. The van der Waals surface area contributed by atoms with Crippen LogP contribution in [-0.4, -0.2) is 9.13 Å². The number of aryl methyl sites for hydroxylation is 1. The van der Waals surface area contributed by atoms with Crippen LogP contribution in [0.15, 0.2) is 21.7 Å². The highest BCUT2D eigenvalue weighted by atomic mass is 35.5. The molecular formula is C14H12ClN3O3. The summed E-state index contributed by atoms with van der Waals surface area (Å²) in [4.78, 5) is 24.5. The Bertz CT molecular complexity index is 904. The van der Waals surface area contributed by atoms with Crippen molar-refractivity contribution in [1.82, 2.24) is 9.13 Å². The van der Waals surface area contributed by atoms with Crippen molar-refractivity contribution in [2.24, 2.45) is 7.05 Å². The number of hydrogen-bond donors (Lipinski definition) is 0. The van der Waals surface area contributed by atoms with Gasteiger partial charge in [-0.15, -0.1) is 11.0 Å². The maximum absolute atomic E-state index is 12.3. The molecule has 0 spiro atoms. The van der Waals surface area contributed by atoms with E-state index in [9.17, 15) is 14.8 Å². The van der Waals surface area contributed by atoms with E-state index in [1.165, 1.54) is 20.0 Å². The maximum Gasteiger partial charge on any atom is 0.424 e. The topological polar surface area (TPSA) is 70.9 Å². The molecule has 6 nitrogen and oxygen atoms in total. The van der Waals surface area contributed by atoms with Gasteiger partial charge in [0.1, 0.15) is 11.4 Å². The van der Waals surface area contributed by atoms with E-state index in [2.05, 4.69) is 5.92 Å². The Balaban J connectivity index is 2.98. The molecule has 2 rings (SSSR count). The third-order valence-electron chi connectivity index (χ3n) is 3.22. The van der Waals surface area contributed by atoms with Gasteiger partial charge < -0.3 is 5.21 Å². The van der Waals surface area contributed by atoms with Crippen LogP contribution in [0.25, 0.3) is 5.82 Å². The smallest absolute Gasteiger partial charge is 0.424 e. The lowest BCUT2D eigenvalue weighted by molar-refractivity contribution is -0.607. The van der Waals surface area contributed by atoms with Crippen molar-refractivity contribution >= 4 is 11.6 Å². The summed E-state index contributed by atoms with van der Waals surface area (Å²) in [6.45, 7) is 3.10. The largest absolute Gasteiger partial charge is 0.710 e. The number of terminal acetylenes is 1. The summed E-state index contributed by atoms with van der Waals surface area (Å²) in [6, 6.07) is 2.66. The molecule has 0 saturated carbocycles. The number of hydrogen-bond acceptors (Lipinski definition) is 3. The van der Waals surface area contributed by atoms with Crippen molar-refractivity contribution in [3.05, 3.63) is 60.2 Å². The summed E-state index contributed by atoms with van der Waals surface area (Å²) in [7, 11) is 1.43. The highest BCUT2D eigenvalue weighted by Crippen LogP contribution is 2.16. The Morgan fingerprint density at radius 3 is 2.52 bits per heavy atom. The molecule has 0 N–H and O–H groups in total. The van der Waals surface area contributed by atoms with Crippen LogP contribution in [0.2, 0.25) is 5.02 Å². The van der Waals surface area contributed by atoms with Crippen molar-refractivity contribution in [1.29, 1.82) is 0 Å². The fraction of sp³-hybridized carbons (Fsp3) is 0.214. The van der Waals surface area contributed by atoms with Crippen molar-refractivity contribution in [3.63, 3.8) is 0 Å². The van der Waals surface area contributed by atoms with Gasteiger partial charge in [0.15, 0.2) is 0 Å². The summed E-state index contributed by atoms with van der Waals surface area (Å²) in [6.07, 6.45) is 5.24. The predicted octanol–water partition coefficient (Wildman–Crippen LogP) is 0.421. The molecule has 0 aliphatic carbocycles. The van der Waals surface area contributed by atoms with Crippen molar-refractivity contribution < 1.29 is 4.73 Å². The highest BCUT2D eigenvalue weighted by molar-refractivity contribution is 6.31. The van der Waals surface area contributed by atoms with Crippen LogP contribution in [0.4, 0.5) is 0 Å². The Kier molecular flexibility index (Phi) is 3.62. The summed E-state index contributed by atoms with van der Waals surface area (Å²) in [5.41, 5.74) is -0.604. The molecule has 0 aliphatic heterocycles. The van der Waals surface area contributed by atoms with E-state index in [0.29, 0.717) is 10.3 Å². The molecule has 0 unspecified atom stereocenters. The molecule has 21 heavy (non-hydrogen) atoms. The Hall–Kier alpha value is -2.52. The van der Waals surface area contributed by atoms with Gasteiger partial charge in [0.05, 0.1) is 11.1 Å². The lowest BCUT2D eigenvalue weighted by Crippen LogP contribution is -2.47. The van der Waals surface area contributed by atoms with E-state index in [1.54, 1.807) is 6.92 Å². The molecule has 0 radical (unpaired) electrons. The average Bonchev–Trinajstić information content (AvgIpc) is 2.44. The monoisotopic (exact) mass is 305 g/mol. The first-order chi connectivity index (χ1) is 9.79. The van der Waals surface area contributed by atoms with Gasteiger partial charge >= 0.3 is 11.2 Å². The number of rotatable bonds is 1. The zero-order chi connectivity index (χ0) is 15.9. The minimum Gasteiger partial charge on any atom is -0.710 e. The van der Waals surface area contributed by atoms with Crippen molar-refractivity contribution in [2.45, 2.75) is 13.8 Å². The van der Waals surface area contributed by atoms with E-state index >= 15 is 0 Å². The Labute approximate surface area is 125 Å². The van der Waals surface area contributed by atoms with Crippen LogP contribution in [-0.2, 0) is 7.05 Å². The standard InChI is InChI=1S/C14H12ClN3O3/c1-5-10-7-12(19)17(14(20)16(10)4)13-8(2)6-11(15)9(3)18(13)21/h1,6-7H,2-4H3. The fourth-order valence-corrected chi connectivity index (χ4v) is 2.24. The maximum atomic E-state index is 12.3. The number of aromatic nitrogens is 3. The van der Waals surface area contributed by atoms with Gasteiger partial charge in [0.25, 0.3) is 5.82 Å². The minimum absolute atomic E-state index is 0.0777. The molecule has 0 atom stereocenters. The minimum atomic E-state index is -0.690. The van der Waals surface area contributed by atoms with Gasteiger partial charge in [0.2, 0.25) is 0 Å². The van der Waals surface area contributed by atoms with Crippen LogP contribution < -0.4 is 16.0 Å². The molecule has 0 bridgehead atoms. The zero-order valence-corrected chi connectivity index (χ0v) is 12.4. The Morgan fingerprint density at radius 1 is 1.33 bits per heavy atom. The van der Waals surface area contributed by atoms with E-state index < -0.39 is 11.2 Å². The summed E-state index contributed by atoms with van der Waals surface area (Å²) < 4.78 is 2.38. The van der Waals surface area contributed by atoms with Gasteiger partial charge in [-0.05, 0) is 19.9 Å². The number of pyridine rings is 1. The second-order valence-corrected chi connectivity index (χ2v) is 4.98. The molecule has 2 aromatic rings. The first kappa shape index (κ1) is 14.9. The van der Waals surface area contributed by atoms with E-state index in [1.807, 2.05) is 0 Å². The van der Waals surface area contributed by atoms with Gasteiger partial charge in [0, 0.05) is 12.6 Å². The third-order valence-corrected chi connectivity index (χ3v) is 3.60.